The van der Waals surface area contributed by atoms with Gasteiger partial charge in [-0.25, -0.2) is 8.42 Å². The number of hydrogen-bond donors (Lipinski definition) is 0. The lowest BCUT2D eigenvalue weighted by atomic mass is 10.2. The number of carbonyl (C=O) groups is 1. The van der Waals surface area contributed by atoms with Gasteiger partial charge in [-0.05, 0) is 25.1 Å². The van der Waals surface area contributed by atoms with Gasteiger partial charge in [0, 0.05) is 44.9 Å². The Balaban J connectivity index is 1.66. The van der Waals surface area contributed by atoms with Crippen LogP contribution < -0.4 is 0 Å². The van der Waals surface area contributed by atoms with E-state index in [0.29, 0.717) is 23.8 Å². The fraction of sp³-hybridized carbons (Fsp3) is 0.333. The van der Waals surface area contributed by atoms with E-state index in [-0.39, 0.29) is 28.9 Å². The number of hydrogen-bond acceptors (Lipinski definition) is 4. The predicted octanol–water partition coefficient (Wildman–Crippen LogP) is 2.58. The molecule has 0 atom stereocenters. The number of benzene rings is 1. The largest absolute Gasteiger partial charge is 0.337 e. The number of carbonyl (C=O) groups excluding carboxylic acids is 1. The van der Waals surface area contributed by atoms with Crippen LogP contribution in [0.2, 0.25) is 10.2 Å². The molecule has 3 rings (SSSR count). The number of nitrogens with zero attached hydrogens (tertiary/aromatic N) is 4. The van der Waals surface area contributed by atoms with E-state index in [4.69, 9.17) is 23.2 Å². The Morgan fingerprint density at radius 3 is 2.36 bits per heavy atom. The van der Waals surface area contributed by atoms with Gasteiger partial charge in [0.05, 0.1) is 10.7 Å². The molecular weight excluding hydrogens is 423 g/mol. The highest BCUT2D eigenvalue weighted by atomic mass is 35.5. The summed E-state index contributed by atoms with van der Waals surface area (Å²) in [4.78, 5) is 14.1. The summed E-state index contributed by atoms with van der Waals surface area (Å²) in [5.41, 5.74) is 1.42. The topological polar surface area (TPSA) is 75.5 Å². The van der Waals surface area contributed by atoms with Gasteiger partial charge in [-0.1, -0.05) is 35.3 Å². The maximum atomic E-state index is 12.8. The molecule has 1 saturated heterocycles. The fourth-order valence-electron chi connectivity index (χ4n) is 3.04. The first-order chi connectivity index (χ1) is 13.2. The van der Waals surface area contributed by atoms with Gasteiger partial charge in [-0.15, -0.1) is 0 Å². The molecule has 0 N–H and O–H groups in total. The van der Waals surface area contributed by atoms with Gasteiger partial charge in [0.2, 0.25) is 15.9 Å². The Hall–Kier alpha value is -1.87. The lowest BCUT2D eigenvalue weighted by Crippen LogP contribution is -2.50. The quantitative estimate of drug-likeness (QED) is 0.681. The van der Waals surface area contributed by atoms with Crippen LogP contribution in [0.1, 0.15) is 11.3 Å². The summed E-state index contributed by atoms with van der Waals surface area (Å²) >= 11 is 12.2. The zero-order valence-electron chi connectivity index (χ0n) is 15.5. The molecule has 10 heteroatoms. The van der Waals surface area contributed by atoms with Crippen LogP contribution in [-0.2, 0) is 21.9 Å². The first kappa shape index (κ1) is 20.9. The molecule has 1 aromatic carbocycles. The van der Waals surface area contributed by atoms with Gasteiger partial charge >= 0.3 is 0 Å². The second kappa shape index (κ2) is 8.24. The molecule has 1 amide bonds. The van der Waals surface area contributed by atoms with Crippen molar-refractivity contribution in [2.75, 3.05) is 26.2 Å². The highest BCUT2D eigenvalue weighted by Gasteiger charge is 2.30. The third-order valence-electron chi connectivity index (χ3n) is 4.59. The third-order valence-corrected chi connectivity index (χ3v) is 7.44. The molecule has 0 bridgehead atoms. The lowest BCUT2D eigenvalue weighted by molar-refractivity contribution is -0.127. The maximum Gasteiger partial charge on any atom is 0.246 e. The molecule has 150 valence electrons. The van der Waals surface area contributed by atoms with Crippen molar-refractivity contribution < 1.29 is 13.2 Å². The minimum absolute atomic E-state index is 0.0815. The van der Waals surface area contributed by atoms with Gasteiger partial charge in [0.25, 0.3) is 0 Å². The predicted molar refractivity (Wildman–Crippen MR) is 109 cm³/mol. The normalized spacial score (nSPS) is 16.1. The van der Waals surface area contributed by atoms with Crippen LogP contribution >= 0.6 is 23.2 Å². The van der Waals surface area contributed by atoms with Gasteiger partial charge in [0.15, 0.2) is 0 Å². The van der Waals surface area contributed by atoms with E-state index >= 15 is 0 Å². The SMILES string of the molecule is Cc1nn(C)c(Cl)c1/C=C/C(=O)N1CCN(S(=O)(=O)c2ccccc2Cl)CC1. The monoisotopic (exact) mass is 442 g/mol. The summed E-state index contributed by atoms with van der Waals surface area (Å²) < 4.78 is 28.4. The molecule has 1 aliphatic rings. The number of sulfonamides is 1. The van der Waals surface area contributed by atoms with E-state index in [0.717, 1.165) is 5.69 Å². The van der Waals surface area contributed by atoms with E-state index < -0.39 is 10.0 Å². The van der Waals surface area contributed by atoms with Crippen LogP contribution in [0.25, 0.3) is 6.08 Å². The summed E-state index contributed by atoms with van der Waals surface area (Å²) in [5, 5.41) is 4.84. The average Bonchev–Trinajstić information content (AvgIpc) is 2.91. The van der Waals surface area contributed by atoms with Gasteiger partial charge < -0.3 is 4.90 Å². The molecule has 0 spiro atoms. The number of halogens is 2. The molecule has 0 unspecified atom stereocenters. The van der Waals surface area contributed by atoms with Gasteiger partial charge in [0.1, 0.15) is 10.0 Å². The number of aromatic nitrogens is 2. The zero-order valence-corrected chi connectivity index (χ0v) is 17.8. The molecule has 2 aromatic rings. The Morgan fingerprint density at radius 2 is 1.79 bits per heavy atom. The summed E-state index contributed by atoms with van der Waals surface area (Å²) in [6.07, 6.45) is 3.08. The third kappa shape index (κ3) is 4.10. The van der Waals surface area contributed by atoms with Crippen molar-refractivity contribution in [1.29, 1.82) is 0 Å². The number of piperazine rings is 1. The molecular formula is C18H20Cl2N4O3S. The van der Waals surface area contributed by atoms with Crippen LogP contribution in [0.15, 0.2) is 35.2 Å². The Kier molecular flexibility index (Phi) is 6.14. The van der Waals surface area contributed by atoms with Crippen LogP contribution in [0.5, 0.6) is 0 Å². The first-order valence-electron chi connectivity index (χ1n) is 8.62. The Labute approximate surface area is 174 Å². The summed E-state index contributed by atoms with van der Waals surface area (Å²) in [6.45, 7) is 2.83. The van der Waals surface area contributed by atoms with E-state index in [1.165, 1.54) is 16.4 Å². The molecule has 1 aromatic heterocycles. The van der Waals surface area contributed by atoms with Crippen molar-refractivity contribution >= 4 is 45.2 Å². The molecule has 1 fully saturated rings. The lowest BCUT2D eigenvalue weighted by Gasteiger charge is -2.33. The van der Waals surface area contributed by atoms with E-state index in [2.05, 4.69) is 5.10 Å². The van der Waals surface area contributed by atoms with Crippen molar-refractivity contribution in [3.63, 3.8) is 0 Å². The van der Waals surface area contributed by atoms with Crippen LogP contribution in [-0.4, -0.2) is 59.5 Å². The second-order valence-electron chi connectivity index (χ2n) is 6.41. The van der Waals surface area contributed by atoms with Gasteiger partial charge in [-0.3, -0.25) is 9.48 Å². The zero-order chi connectivity index (χ0) is 20.5. The smallest absolute Gasteiger partial charge is 0.246 e. The average molecular weight is 443 g/mol. The fourth-order valence-corrected chi connectivity index (χ4v) is 5.19. The van der Waals surface area contributed by atoms with Crippen LogP contribution in [0.3, 0.4) is 0 Å². The Bertz CT molecular complexity index is 1030. The van der Waals surface area contributed by atoms with Crippen molar-refractivity contribution in [3.8, 4) is 0 Å². The summed E-state index contributed by atoms with van der Waals surface area (Å²) in [5.74, 6) is -0.200. The summed E-state index contributed by atoms with van der Waals surface area (Å²) in [6, 6.07) is 6.35. The molecule has 7 nitrogen and oxygen atoms in total. The first-order valence-corrected chi connectivity index (χ1v) is 10.8. The second-order valence-corrected chi connectivity index (χ2v) is 9.08. The number of aryl methyl sites for hydroxylation is 2. The highest BCUT2D eigenvalue weighted by molar-refractivity contribution is 7.89. The molecule has 2 heterocycles. The number of rotatable bonds is 4. The molecule has 0 saturated carbocycles. The van der Waals surface area contributed by atoms with E-state index in [9.17, 15) is 13.2 Å². The van der Waals surface area contributed by atoms with Crippen molar-refractivity contribution in [3.05, 3.63) is 51.8 Å². The number of amides is 1. The van der Waals surface area contributed by atoms with E-state index in [1.807, 2.05) is 6.92 Å². The summed E-state index contributed by atoms with van der Waals surface area (Å²) in [7, 11) is -1.96. The molecule has 0 radical (unpaired) electrons. The Morgan fingerprint density at radius 1 is 1.14 bits per heavy atom. The van der Waals surface area contributed by atoms with E-state index in [1.54, 1.807) is 40.9 Å². The van der Waals surface area contributed by atoms with Gasteiger partial charge in [-0.2, -0.15) is 9.40 Å². The van der Waals surface area contributed by atoms with Crippen molar-refractivity contribution in [2.24, 2.45) is 7.05 Å². The standard InChI is InChI=1S/C18H20Cl2N4O3S/c1-13-14(18(20)22(2)21-13)7-8-17(25)23-9-11-24(12-10-23)28(26,27)16-6-4-3-5-15(16)19/h3-8H,9-12H2,1-2H3/b8-7+. The molecule has 28 heavy (non-hydrogen) atoms. The molecule has 0 aliphatic carbocycles. The van der Waals surface area contributed by atoms with Crippen molar-refractivity contribution in [2.45, 2.75) is 11.8 Å². The highest BCUT2D eigenvalue weighted by Crippen LogP contribution is 2.25. The van der Waals surface area contributed by atoms with Crippen LogP contribution in [0.4, 0.5) is 0 Å². The van der Waals surface area contributed by atoms with Crippen molar-refractivity contribution in [1.82, 2.24) is 19.0 Å². The van der Waals surface area contributed by atoms with Crippen LogP contribution in [0, 0.1) is 6.92 Å². The minimum atomic E-state index is -3.69. The minimum Gasteiger partial charge on any atom is -0.337 e. The molecule has 1 aliphatic heterocycles. The maximum absolute atomic E-state index is 12.8.